The van der Waals surface area contributed by atoms with Crippen molar-refractivity contribution in [3.05, 3.63) is 57.4 Å². The maximum Gasteiger partial charge on any atom is 0.264 e. The molecule has 1 heterocycles. The largest absolute Gasteiger partial charge is 0.496 e. The van der Waals surface area contributed by atoms with Gasteiger partial charge in [0.25, 0.3) is 5.91 Å². The molecule has 0 aliphatic carbocycles. The predicted molar refractivity (Wildman–Crippen MR) is 112 cm³/mol. The maximum atomic E-state index is 12.2. The molecule has 0 saturated carbocycles. The Morgan fingerprint density at radius 3 is 2.63 bits per heavy atom. The number of thiazole rings is 1. The van der Waals surface area contributed by atoms with Gasteiger partial charge in [-0.1, -0.05) is 28.1 Å². The molecule has 3 aromatic rings. The van der Waals surface area contributed by atoms with E-state index in [0.29, 0.717) is 5.13 Å². The molecule has 0 radical (unpaired) electrons. The number of rotatable bonds is 6. The van der Waals surface area contributed by atoms with E-state index in [1.165, 1.54) is 11.3 Å². The Kier molecular flexibility index (Phi) is 6.13. The molecule has 0 saturated heterocycles. The first-order valence-electron chi connectivity index (χ1n) is 8.26. The Bertz CT molecular complexity index is 948. The smallest absolute Gasteiger partial charge is 0.264 e. The monoisotopic (exact) mass is 446 g/mol. The highest BCUT2D eigenvalue weighted by Gasteiger charge is 2.13. The van der Waals surface area contributed by atoms with Crippen molar-refractivity contribution >= 4 is 38.3 Å². The van der Waals surface area contributed by atoms with E-state index in [0.717, 1.165) is 38.4 Å². The number of ether oxygens (including phenoxy) is 2. The molecule has 1 amide bonds. The number of para-hydroxylation sites is 1. The predicted octanol–water partition coefficient (Wildman–Crippen LogP) is 5.22. The first-order chi connectivity index (χ1) is 13.0. The van der Waals surface area contributed by atoms with E-state index in [-0.39, 0.29) is 12.5 Å². The van der Waals surface area contributed by atoms with Crippen molar-refractivity contribution < 1.29 is 14.3 Å². The number of hydrogen-bond acceptors (Lipinski definition) is 5. The van der Waals surface area contributed by atoms with Gasteiger partial charge < -0.3 is 9.47 Å². The third-order valence-corrected chi connectivity index (χ3v) is 5.12. The van der Waals surface area contributed by atoms with Crippen LogP contribution in [0, 0.1) is 13.8 Å². The van der Waals surface area contributed by atoms with Crippen LogP contribution in [0.3, 0.4) is 0 Å². The number of methoxy groups -OCH3 is 1. The van der Waals surface area contributed by atoms with Crippen LogP contribution in [0.5, 0.6) is 11.5 Å². The Labute approximate surface area is 170 Å². The highest BCUT2D eigenvalue weighted by atomic mass is 79.9. The van der Waals surface area contributed by atoms with Crippen molar-refractivity contribution in [2.45, 2.75) is 13.8 Å². The summed E-state index contributed by atoms with van der Waals surface area (Å²) in [4.78, 5) is 16.7. The summed E-state index contributed by atoms with van der Waals surface area (Å²) in [6.45, 7) is 3.82. The Morgan fingerprint density at radius 2 is 1.93 bits per heavy atom. The lowest BCUT2D eigenvalue weighted by Crippen LogP contribution is -2.20. The van der Waals surface area contributed by atoms with Gasteiger partial charge in [-0.3, -0.25) is 10.1 Å². The van der Waals surface area contributed by atoms with Crippen LogP contribution in [0.4, 0.5) is 5.13 Å². The highest BCUT2D eigenvalue weighted by molar-refractivity contribution is 9.10. The molecule has 0 aliphatic heterocycles. The van der Waals surface area contributed by atoms with E-state index in [4.69, 9.17) is 9.47 Å². The Balaban J connectivity index is 1.65. The lowest BCUT2D eigenvalue weighted by Gasteiger charge is -2.12. The summed E-state index contributed by atoms with van der Waals surface area (Å²) in [6, 6.07) is 11.6. The summed E-state index contributed by atoms with van der Waals surface area (Å²) >= 11 is 4.81. The molecule has 140 valence electrons. The van der Waals surface area contributed by atoms with Crippen molar-refractivity contribution in [2.24, 2.45) is 0 Å². The van der Waals surface area contributed by atoms with E-state index in [1.807, 2.05) is 55.6 Å². The molecular formula is C20H19BrN2O3S. The minimum atomic E-state index is -0.252. The van der Waals surface area contributed by atoms with Crippen LogP contribution in [-0.4, -0.2) is 24.6 Å². The van der Waals surface area contributed by atoms with E-state index in [2.05, 4.69) is 26.2 Å². The van der Waals surface area contributed by atoms with E-state index >= 15 is 0 Å². The molecule has 27 heavy (non-hydrogen) atoms. The van der Waals surface area contributed by atoms with Crippen LogP contribution >= 0.6 is 27.3 Å². The minimum Gasteiger partial charge on any atom is -0.496 e. The van der Waals surface area contributed by atoms with Gasteiger partial charge in [0.2, 0.25) is 0 Å². The van der Waals surface area contributed by atoms with Gasteiger partial charge in [0.1, 0.15) is 11.5 Å². The number of aromatic nitrogens is 1. The summed E-state index contributed by atoms with van der Waals surface area (Å²) in [5, 5.41) is 5.19. The highest BCUT2D eigenvalue weighted by Crippen LogP contribution is 2.32. The fraction of sp³-hybridized carbons (Fsp3) is 0.200. The van der Waals surface area contributed by atoms with Crippen LogP contribution in [0.2, 0.25) is 0 Å². The average molecular weight is 447 g/mol. The molecule has 1 N–H and O–H groups in total. The fourth-order valence-corrected chi connectivity index (χ4v) is 4.14. The molecule has 0 spiro atoms. The first kappa shape index (κ1) is 19.4. The number of nitrogens with one attached hydrogen (secondary N) is 1. The number of benzene rings is 2. The van der Waals surface area contributed by atoms with Crippen molar-refractivity contribution in [1.29, 1.82) is 0 Å². The van der Waals surface area contributed by atoms with Gasteiger partial charge >= 0.3 is 0 Å². The standard InChI is InChI=1S/C20H19BrN2O3S/c1-12-8-14(21)9-13(2)19(12)26-10-18(24)23-20-22-16(11-27-20)15-6-4-5-7-17(15)25-3/h4-9,11H,10H2,1-3H3,(H,22,23,24). The van der Waals surface area contributed by atoms with Gasteiger partial charge in [0.15, 0.2) is 11.7 Å². The molecule has 0 atom stereocenters. The van der Waals surface area contributed by atoms with Gasteiger partial charge in [-0.2, -0.15) is 0 Å². The van der Waals surface area contributed by atoms with Crippen molar-refractivity contribution in [1.82, 2.24) is 4.98 Å². The van der Waals surface area contributed by atoms with Crippen LogP contribution in [0.15, 0.2) is 46.3 Å². The number of carbonyl (C=O) groups is 1. The number of anilines is 1. The number of carbonyl (C=O) groups excluding carboxylic acids is 1. The fourth-order valence-electron chi connectivity index (χ4n) is 2.73. The normalized spacial score (nSPS) is 10.5. The molecule has 0 unspecified atom stereocenters. The number of aryl methyl sites for hydroxylation is 2. The molecule has 0 fully saturated rings. The summed E-state index contributed by atoms with van der Waals surface area (Å²) < 4.78 is 12.1. The third-order valence-electron chi connectivity index (χ3n) is 3.91. The lowest BCUT2D eigenvalue weighted by atomic mass is 10.1. The van der Waals surface area contributed by atoms with Crippen molar-refractivity contribution in [3.63, 3.8) is 0 Å². The van der Waals surface area contributed by atoms with Crippen LogP contribution < -0.4 is 14.8 Å². The van der Waals surface area contributed by atoms with E-state index < -0.39 is 0 Å². The van der Waals surface area contributed by atoms with Gasteiger partial charge in [-0.25, -0.2) is 4.98 Å². The van der Waals surface area contributed by atoms with Crippen molar-refractivity contribution in [3.8, 4) is 22.8 Å². The Hall–Kier alpha value is -2.38. The van der Waals surface area contributed by atoms with Crippen LogP contribution in [-0.2, 0) is 4.79 Å². The average Bonchev–Trinajstić information content (AvgIpc) is 3.09. The maximum absolute atomic E-state index is 12.2. The van der Waals surface area contributed by atoms with Gasteiger partial charge in [-0.15, -0.1) is 11.3 Å². The van der Waals surface area contributed by atoms with Crippen LogP contribution in [0.1, 0.15) is 11.1 Å². The molecule has 2 aromatic carbocycles. The third kappa shape index (κ3) is 4.67. The molecule has 0 aliphatic rings. The summed E-state index contributed by atoms with van der Waals surface area (Å²) in [7, 11) is 1.62. The summed E-state index contributed by atoms with van der Waals surface area (Å²) in [5.41, 5.74) is 3.59. The second-order valence-corrected chi connectivity index (χ2v) is 7.72. The first-order valence-corrected chi connectivity index (χ1v) is 9.93. The summed E-state index contributed by atoms with van der Waals surface area (Å²) in [5.74, 6) is 1.21. The zero-order chi connectivity index (χ0) is 19.4. The zero-order valence-electron chi connectivity index (χ0n) is 15.2. The molecule has 1 aromatic heterocycles. The minimum absolute atomic E-state index is 0.0765. The number of halogens is 1. The van der Waals surface area contributed by atoms with E-state index in [1.54, 1.807) is 7.11 Å². The van der Waals surface area contributed by atoms with Gasteiger partial charge in [0, 0.05) is 15.4 Å². The number of amides is 1. The Morgan fingerprint density at radius 1 is 1.22 bits per heavy atom. The van der Waals surface area contributed by atoms with Crippen molar-refractivity contribution in [2.75, 3.05) is 19.0 Å². The lowest BCUT2D eigenvalue weighted by molar-refractivity contribution is -0.118. The quantitative estimate of drug-likeness (QED) is 0.563. The van der Waals surface area contributed by atoms with E-state index in [9.17, 15) is 4.79 Å². The number of hydrogen-bond donors (Lipinski definition) is 1. The topological polar surface area (TPSA) is 60.5 Å². The zero-order valence-corrected chi connectivity index (χ0v) is 17.6. The number of nitrogens with zero attached hydrogens (tertiary/aromatic N) is 1. The SMILES string of the molecule is COc1ccccc1-c1csc(NC(=O)COc2c(C)cc(Br)cc2C)n1. The molecule has 7 heteroatoms. The second-order valence-electron chi connectivity index (χ2n) is 5.94. The molecule has 0 bridgehead atoms. The summed E-state index contributed by atoms with van der Waals surface area (Å²) in [6.07, 6.45) is 0. The van der Waals surface area contributed by atoms with Crippen LogP contribution in [0.25, 0.3) is 11.3 Å². The molecule has 5 nitrogen and oxygen atoms in total. The van der Waals surface area contributed by atoms with Gasteiger partial charge in [-0.05, 0) is 49.2 Å². The second kappa shape index (κ2) is 8.54. The molecule has 3 rings (SSSR count). The van der Waals surface area contributed by atoms with Gasteiger partial charge in [0.05, 0.1) is 12.8 Å². The molecular weight excluding hydrogens is 428 g/mol.